The molecule has 29 heavy (non-hydrogen) atoms. The number of rotatable bonds is 4. The van der Waals surface area contributed by atoms with Crippen molar-refractivity contribution in [3.63, 3.8) is 0 Å². The van der Waals surface area contributed by atoms with Gasteiger partial charge in [0.05, 0.1) is 0 Å². The molecule has 0 aliphatic carbocycles. The average Bonchev–Trinajstić information content (AvgIpc) is 2.74. The Morgan fingerprint density at radius 1 is 0.586 bits per heavy atom. The van der Waals surface area contributed by atoms with E-state index in [2.05, 4.69) is 69.3 Å². The summed E-state index contributed by atoms with van der Waals surface area (Å²) in [4.78, 5) is 14.4. The Hall–Kier alpha value is -3.33. The number of hydrogen-bond acceptors (Lipinski definition) is 3. The Kier molecular flexibility index (Phi) is 5.22. The van der Waals surface area contributed by atoms with Gasteiger partial charge in [0.15, 0.2) is 11.6 Å². The fourth-order valence-electron chi connectivity index (χ4n) is 3.21. The lowest BCUT2D eigenvalue weighted by atomic mass is 9.95. The molecule has 0 aliphatic heterocycles. The molecular formula is C26H25N3. The predicted octanol–water partition coefficient (Wildman–Crippen LogP) is 6.09. The second-order valence-electron chi connectivity index (χ2n) is 8.29. The normalized spacial score (nSPS) is 11.4. The Morgan fingerprint density at radius 3 is 1.79 bits per heavy atom. The van der Waals surface area contributed by atoms with Gasteiger partial charge in [0.1, 0.15) is 5.82 Å². The van der Waals surface area contributed by atoms with Gasteiger partial charge >= 0.3 is 0 Å². The van der Waals surface area contributed by atoms with Crippen LogP contribution in [0.3, 0.4) is 0 Å². The smallest absolute Gasteiger partial charge is 0.163 e. The minimum Gasteiger partial charge on any atom is -0.212 e. The lowest BCUT2D eigenvalue weighted by Crippen LogP contribution is -2.18. The van der Waals surface area contributed by atoms with Gasteiger partial charge in [-0.1, -0.05) is 99.6 Å². The maximum Gasteiger partial charge on any atom is 0.163 e. The number of benzene rings is 3. The maximum absolute atomic E-state index is 4.83. The largest absolute Gasteiger partial charge is 0.212 e. The van der Waals surface area contributed by atoms with Gasteiger partial charge in [0, 0.05) is 16.5 Å². The Bertz CT molecular complexity index is 1100. The molecule has 0 fully saturated rings. The van der Waals surface area contributed by atoms with Gasteiger partial charge in [0.2, 0.25) is 0 Å². The van der Waals surface area contributed by atoms with Crippen molar-refractivity contribution >= 4 is 0 Å². The highest BCUT2D eigenvalue weighted by atomic mass is 15.0. The second-order valence-corrected chi connectivity index (χ2v) is 8.29. The van der Waals surface area contributed by atoms with Crippen LogP contribution < -0.4 is 0 Å². The standard InChI is InChI=1S/C26H25N3/c1-26(2,3)25-28-23(21-14-8-5-9-15-21)27-24(29-25)22-16-10-13-20(18-22)17-19-11-6-4-7-12-19/h4-16,18H,17H2,1-3H3. The van der Waals surface area contributed by atoms with Crippen molar-refractivity contribution in [2.75, 3.05) is 0 Å². The second kappa shape index (κ2) is 7.96. The molecule has 144 valence electrons. The summed E-state index contributed by atoms with van der Waals surface area (Å²) in [6.07, 6.45) is 0.886. The third-order valence-corrected chi connectivity index (χ3v) is 4.77. The molecule has 4 aromatic rings. The molecule has 1 heterocycles. The third kappa shape index (κ3) is 4.57. The van der Waals surface area contributed by atoms with E-state index in [1.807, 2.05) is 36.4 Å². The lowest BCUT2D eigenvalue weighted by molar-refractivity contribution is 0.543. The third-order valence-electron chi connectivity index (χ3n) is 4.77. The van der Waals surface area contributed by atoms with Crippen molar-refractivity contribution in [3.05, 3.63) is 102 Å². The topological polar surface area (TPSA) is 38.7 Å². The van der Waals surface area contributed by atoms with Gasteiger partial charge in [0.25, 0.3) is 0 Å². The predicted molar refractivity (Wildman–Crippen MR) is 119 cm³/mol. The summed E-state index contributed by atoms with van der Waals surface area (Å²) in [5, 5.41) is 0. The Morgan fingerprint density at radius 2 is 1.14 bits per heavy atom. The van der Waals surface area contributed by atoms with E-state index >= 15 is 0 Å². The van der Waals surface area contributed by atoms with Gasteiger partial charge < -0.3 is 0 Å². The molecule has 3 heteroatoms. The molecule has 0 amide bonds. The monoisotopic (exact) mass is 379 g/mol. The summed E-state index contributed by atoms with van der Waals surface area (Å²) in [5.41, 5.74) is 4.39. The molecule has 3 nitrogen and oxygen atoms in total. The molecule has 0 N–H and O–H groups in total. The van der Waals surface area contributed by atoms with Crippen LogP contribution in [-0.2, 0) is 11.8 Å². The van der Waals surface area contributed by atoms with Crippen molar-refractivity contribution in [1.82, 2.24) is 15.0 Å². The highest BCUT2D eigenvalue weighted by Crippen LogP contribution is 2.26. The minimum atomic E-state index is -0.164. The molecule has 0 saturated heterocycles. The summed E-state index contributed by atoms with van der Waals surface area (Å²) < 4.78 is 0. The molecule has 1 aromatic heterocycles. The summed E-state index contributed by atoms with van der Waals surface area (Å²) in [6.45, 7) is 6.39. The molecule has 4 rings (SSSR count). The first kappa shape index (κ1) is 19.0. The quantitative estimate of drug-likeness (QED) is 0.430. The fourth-order valence-corrected chi connectivity index (χ4v) is 3.21. The van der Waals surface area contributed by atoms with Crippen LogP contribution >= 0.6 is 0 Å². The molecular weight excluding hydrogens is 354 g/mol. The summed E-state index contributed by atoms with van der Waals surface area (Å²) in [6, 6.07) is 29.1. The van der Waals surface area contributed by atoms with E-state index in [9.17, 15) is 0 Å². The van der Waals surface area contributed by atoms with E-state index in [-0.39, 0.29) is 5.41 Å². The van der Waals surface area contributed by atoms with Gasteiger partial charge in [-0.25, -0.2) is 15.0 Å². The summed E-state index contributed by atoms with van der Waals surface area (Å²) in [7, 11) is 0. The van der Waals surface area contributed by atoms with Crippen LogP contribution in [0.4, 0.5) is 0 Å². The van der Waals surface area contributed by atoms with Crippen molar-refractivity contribution in [3.8, 4) is 22.8 Å². The van der Waals surface area contributed by atoms with Crippen LogP contribution in [-0.4, -0.2) is 15.0 Å². The number of nitrogens with zero attached hydrogens (tertiary/aromatic N) is 3. The zero-order valence-corrected chi connectivity index (χ0v) is 17.1. The van der Waals surface area contributed by atoms with Gasteiger partial charge in [-0.2, -0.15) is 0 Å². The van der Waals surface area contributed by atoms with Crippen LogP contribution in [0, 0.1) is 0 Å². The van der Waals surface area contributed by atoms with Crippen LogP contribution in [0.1, 0.15) is 37.7 Å². The van der Waals surface area contributed by atoms with Crippen molar-refractivity contribution in [2.45, 2.75) is 32.6 Å². The van der Waals surface area contributed by atoms with Crippen molar-refractivity contribution < 1.29 is 0 Å². The first-order valence-electron chi connectivity index (χ1n) is 9.94. The Balaban J connectivity index is 1.77. The minimum absolute atomic E-state index is 0.164. The van der Waals surface area contributed by atoms with Crippen LogP contribution in [0.15, 0.2) is 84.9 Å². The van der Waals surface area contributed by atoms with Crippen LogP contribution in [0.2, 0.25) is 0 Å². The van der Waals surface area contributed by atoms with Gasteiger partial charge in [-0.05, 0) is 23.6 Å². The van der Waals surface area contributed by atoms with E-state index < -0.39 is 0 Å². The van der Waals surface area contributed by atoms with Gasteiger partial charge in [-0.3, -0.25) is 0 Å². The van der Waals surface area contributed by atoms with E-state index in [1.54, 1.807) is 0 Å². The zero-order valence-electron chi connectivity index (χ0n) is 17.1. The van der Waals surface area contributed by atoms with Gasteiger partial charge in [-0.15, -0.1) is 0 Å². The molecule has 0 atom stereocenters. The molecule has 0 radical (unpaired) electrons. The number of aromatic nitrogens is 3. The molecule has 0 spiro atoms. The highest BCUT2D eigenvalue weighted by Gasteiger charge is 2.21. The Labute approximate surface area is 172 Å². The van der Waals surface area contributed by atoms with E-state index in [0.717, 1.165) is 29.2 Å². The summed E-state index contributed by atoms with van der Waals surface area (Å²) in [5.74, 6) is 2.24. The van der Waals surface area contributed by atoms with Crippen molar-refractivity contribution in [1.29, 1.82) is 0 Å². The first-order chi connectivity index (χ1) is 14.0. The highest BCUT2D eigenvalue weighted by molar-refractivity contribution is 5.61. The first-order valence-corrected chi connectivity index (χ1v) is 9.94. The van der Waals surface area contributed by atoms with Crippen LogP contribution in [0.25, 0.3) is 22.8 Å². The van der Waals surface area contributed by atoms with E-state index in [0.29, 0.717) is 5.82 Å². The molecule has 0 aliphatic rings. The van der Waals surface area contributed by atoms with E-state index in [4.69, 9.17) is 15.0 Å². The zero-order chi connectivity index (χ0) is 20.3. The SMILES string of the molecule is CC(C)(C)c1nc(-c2ccccc2)nc(-c2cccc(Cc3ccccc3)c2)n1. The molecule has 0 saturated carbocycles. The lowest BCUT2D eigenvalue weighted by Gasteiger charge is -2.18. The molecule has 0 bridgehead atoms. The molecule has 3 aromatic carbocycles. The summed E-state index contributed by atoms with van der Waals surface area (Å²) >= 11 is 0. The van der Waals surface area contributed by atoms with Crippen molar-refractivity contribution in [2.24, 2.45) is 0 Å². The van der Waals surface area contributed by atoms with E-state index in [1.165, 1.54) is 11.1 Å². The maximum atomic E-state index is 4.83. The van der Waals surface area contributed by atoms with Crippen LogP contribution in [0.5, 0.6) is 0 Å². The average molecular weight is 380 g/mol. The number of hydrogen-bond donors (Lipinski definition) is 0. The fraction of sp³-hybridized carbons (Fsp3) is 0.192. The molecule has 0 unspecified atom stereocenters.